The summed E-state index contributed by atoms with van der Waals surface area (Å²) in [4.78, 5) is 54.4. The van der Waals surface area contributed by atoms with Crippen LogP contribution in [0.25, 0.3) is 0 Å². The van der Waals surface area contributed by atoms with Gasteiger partial charge < -0.3 is 19.9 Å². The number of nitrogens with one attached hydrogen (secondary N) is 2. The number of fused-ring (bicyclic) bond motifs is 1. The number of imide groups is 1. The minimum Gasteiger partial charge on any atom is -0.497 e. The van der Waals surface area contributed by atoms with Gasteiger partial charge in [-0.15, -0.1) is 0 Å². The molecule has 4 amide bonds. The Labute approximate surface area is 221 Å². The Morgan fingerprint density at radius 2 is 1.84 bits per heavy atom. The number of amides is 4. The molecule has 196 valence electrons. The summed E-state index contributed by atoms with van der Waals surface area (Å²) in [5, 5.41) is 4.87. The number of benzene rings is 2. The van der Waals surface area contributed by atoms with E-state index in [0.717, 1.165) is 37.1 Å². The van der Waals surface area contributed by atoms with E-state index in [-0.39, 0.29) is 24.2 Å². The summed E-state index contributed by atoms with van der Waals surface area (Å²) in [5.41, 5.74) is 1.28. The molecule has 9 nitrogen and oxygen atoms in total. The average Bonchev–Trinajstić information content (AvgIpc) is 3.37. The van der Waals surface area contributed by atoms with Crippen LogP contribution in [0.15, 0.2) is 42.5 Å². The van der Waals surface area contributed by atoms with Crippen molar-refractivity contribution >= 4 is 23.6 Å². The first kappa shape index (κ1) is 25.5. The van der Waals surface area contributed by atoms with E-state index in [1.54, 1.807) is 24.3 Å². The quantitative estimate of drug-likeness (QED) is 0.449. The molecule has 3 aliphatic rings. The molecule has 0 aromatic heterocycles. The molecule has 2 aromatic carbocycles. The highest BCUT2D eigenvalue weighted by Crippen LogP contribution is 2.28. The number of methoxy groups -OCH3 is 1. The van der Waals surface area contributed by atoms with Crippen molar-refractivity contribution < 1.29 is 23.9 Å². The Kier molecular flexibility index (Phi) is 6.91. The fourth-order valence-electron chi connectivity index (χ4n) is 5.17. The van der Waals surface area contributed by atoms with E-state index in [1.165, 1.54) is 12.0 Å². The fourth-order valence-corrected chi connectivity index (χ4v) is 5.17. The monoisotopic (exact) mass is 514 g/mol. The average molecular weight is 515 g/mol. The van der Waals surface area contributed by atoms with Crippen molar-refractivity contribution in [3.05, 3.63) is 64.7 Å². The SMILES string of the molecule is COc1ccc2c(c1)C(=O)N(C[C@@]1(C#Cc3ccc(CC(=O)C4CCN(C)CC4)cc3)NC(=O)NC1=O)C2. The van der Waals surface area contributed by atoms with Crippen molar-refractivity contribution in [3.63, 3.8) is 0 Å². The lowest BCUT2D eigenvalue weighted by Gasteiger charge is -2.28. The topological polar surface area (TPSA) is 108 Å². The maximum absolute atomic E-state index is 13.1. The van der Waals surface area contributed by atoms with Gasteiger partial charge in [-0.3, -0.25) is 19.7 Å². The zero-order valence-corrected chi connectivity index (χ0v) is 21.5. The molecule has 0 unspecified atom stereocenters. The van der Waals surface area contributed by atoms with Gasteiger partial charge in [0.15, 0.2) is 0 Å². The van der Waals surface area contributed by atoms with E-state index >= 15 is 0 Å². The maximum Gasteiger partial charge on any atom is 0.323 e. The predicted molar refractivity (Wildman–Crippen MR) is 139 cm³/mol. The molecule has 5 rings (SSSR count). The van der Waals surface area contributed by atoms with E-state index in [0.29, 0.717) is 29.8 Å². The summed E-state index contributed by atoms with van der Waals surface area (Å²) in [6, 6.07) is 11.9. The number of Topliss-reactive ketones (excluding diaryl/α,β-unsaturated/α-hetero) is 1. The van der Waals surface area contributed by atoms with Crippen LogP contribution in [-0.2, 0) is 22.6 Å². The third-order valence-corrected chi connectivity index (χ3v) is 7.49. The van der Waals surface area contributed by atoms with E-state index in [9.17, 15) is 19.2 Å². The number of ether oxygens (including phenoxy) is 1. The van der Waals surface area contributed by atoms with Crippen LogP contribution in [0.3, 0.4) is 0 Å². The summed E-state index contributed by atoms with van der Waals surface area (Å²) in [7, 11) is 3.60. The minimum atomic E-state index is -1.58. The van der Waals surface area contributed by atoms with Crippen LogP contribution >= 0.6 is 0 Å². The fraction of sp³-hybridized carbons (Fsp3) is 0.379. The van der Waals surface area contributed by atoms with Crippen molar-refractivity contribution in [2.75, 3.05) is 33.8 Å². The number of carbonyl (C=O) groups excluding carboxylic acids is 4. The molecule has 0 aliphatic carbocycles. The third kappa shape index (κ3) is 5.13. The van der Waals surface area contributed by atoms with Crippen molar-refractivity contribution in [2.24, 2.45) is 5.92 Å². The number of likely N-dealkylation sites (tertiary alicyclic amines) is 1. The molecule has 0 bridgehead atoms. The van der Waals surface area contributed by atoms with Gasteiger partial charge in [-0.2, -0.15) is 0 Å². The second-order valence-electron chi connectivity index (χ2n) is 10.2. The van der Waals surface area contributed by atoms with Crippen LogP contribution in [0.2, 0.25) is 0 Å². The molecular weight excluding hydrogens is 484 g/mol. The lowest BCUT2D eigenvalue weighted by atomic mass is 9.89. The second-order valence-corrected chi connectivity index (χ2v) is 10.2. The van der Waals surface area contributed by atoms with Gasteiger partial charge in [0.05, 0.1) is 13.7 Å². The second kappa shape index (κ2) is 10.3. The summed E-state index contributed by atoms with van der Waals surface area (Å²) in [6.45, 7) is 2.08. The first-order valence-electron chi connectivity index (χ1n) is 12.7. The van der Waals surface area contributed by atoms with Crippen molar-refractivity contribution in [1.29, 1.82) is 0 Å². The van der Waals surface area contributed by atoms with Gasteiger partial charge in [0, 0.05) is 30.0 Å². The minimum absolute atomic E-state index is 0.101. The van der Waals surface area contributed by atoms with Gasteiger partial charge in [-0.05, 0) is 68.4 Å². The molecule has 2 N–H and O–H groups in total. The molecule has 2 saturated heterocycles. The molecule has 2 fully saturated rings. The Hall–Kier alpha value is -4.16. The van der Waals surface area contributed by atoms with Gasteiger partial charge in [-0.1, -0.05) is 30.0 Å². The Morgan fingerprint density at radius 3 is 2.50 bits per heavy atom. The van der Waals surface area contributed by atoms with Gasteiger partial charge in [-0.25, -0.2) is 4.79 Å². The first-order chi connectivity index (χ1) is 18.3. The smallest absolute Gasteiger partial charge is 0.323 e. The van der Waals surface area contributed by atoms with Crippen LogP contribution in [0.5, 0.6) is 5.75 Å². The highest BCUT2D eigenvalue weighted by Gasteiger charge is 2.48. The normalized spacial score (nSPS) is 21.4. The van der Waals surface area contributed by atoms with Gasteiger partial charge in [0.1, 0.15) is 11.5 Å². The van der Waals surface area contributed by atoms with Gasteiger partial charge in [0.25, 0.3) is 11.8 Å². The summed E-state index contributed by atoms with van der Waals surface area (Å²) in [6.07, 6.45) is 2.17. The molecule has 9 heteroatoms. The molecule has 0 saturated carbocycles. The standard InChI is InChI=1S/C29H30N4O5/c1-32-13-10-21(11-14-32)25(34)15-20-5-3-19(4-6-20)9-12-29(27(36)30-28(37)31-29)18-33-17-22-7-8-23(38-2)16-24(22)26(33)35/h3-8,16,21H,10-11,13-15,17-18H2,1-2H3,(H2,30,31,36,37)/t29-/m1/s1. The zero-order chi connectivity index (χ0) is 26.9. The molecule has 2 aromatic rings. The highest BCUT2D eigenvalue weighted by atomic mass is 16.5. The Balaban J connectivity index is 1.30. The van der Waals surface area contributed by atoms with E-state index in [1.807, 2.05) is 18.2 Å². The maximum atomic E-state index is 13.1. The molecule has 0 radical (unpaired) electrons. The molecule has 38 heavy (non-hydrogen) atoms. The largest absolute Gasteiger partial charge is 0.497 e. The zero-order valence-electron chi connectivity index (χ0n) is 21.5. The number of hydrogen-bond donors (Lipinski definition) is 2. The number of piperidine rings is 1. The predicted octanol–water partition coefficient (Wildman–Crippen LogP) is 1.73. The number of ketones is 1. The van der Waals surface area contributed by atoms with E-state index in [4.69, 9.17) is 4.74 Å². The number of rotatable bonds is 6. The Morgan fingerprint density at radius 1 is 1.11 bits per heavy atom. The van der Waals surface area contributed by atoms with Crippen LogP contribution in [0, 0.1) is 17.8 Å². The number of carbonyl (C=O) groups is 4. The summed E-state index contributed by atoms with van der Waals surface area (Å²) >= 11 is 0. The van der Waals surface area contributed by atoms with Crippen molar-refractivity contribution in [2.45, 2.75) is 31.3 Å². The van der Waals surface area contributed by atoms with Crippen LogP contribution in [0.4, 0.5) is 4.79 Å². The molecule has 3 heterocycles. The number of urea groups is 1. The lowest BCUT2D eigenvalue weighted by Crippen LogP contribution is -2.54. The molecule has 3 aliphatic heterocycles. The highest BCUT2D eigenvalue weighted by molar-refractivity contribution is 6.10. The third-order valence-electron chi connectivity index (χ3n) is 7.49. The molecule has 1 atom stereocenters. The number of nitrogens with zero attached hydrogens (tertiary/aromatic N) is 2. The van der Waals surface area contributed by atoms with Crippen LogP contribution in [-0.4, -0.2) is 72.8 Å². The van der Waals surface area contributed by atoms with Crippen molar-refractivity contribution in [1.82, 2.24) is 20.4 Å². The van der Waals surface area contributed by atoms with Crippen LogP contribution in [0.1, 0.15) is 39.9 Å². The number of hydrogen-bond acceptors (Lipinski definition) is 6. The Bertz CT molecular complexity index is 1350. The van der Waals surface area contributed by atoms with Crippen LogP contribution < -0.4 is 15.4 Å². The van der Waals surface area contributed by atoms with Crippen molar-refractivity contribution in [3.8, 4) is 17.6 Å². The van der Waals surface area contributed by atoms with Gasteiger partial charge >= 0.3 is 6.03 Å². The summed E-state index contributed by atoms with van der Waals surface area (Å²) in [5.74, 6) is 5.98. The van der Waals surface area contributed by atoms with E-state index < -0.39 is 17.5 Å². The lowest BCUT2D eigenvalue weighted by molar-refractivity contribution is -0.123. The summed E-state index contributed by atoms with van der Waals surface area (Å²) < 4.78 is 5.22. The first-order valence-corrected chi connectivity index (χ1v) is 12.7. The van der Waals surface area contributed by atoms with Gasteiger partial charge in [0.2, 0.25) is 5.54 Å². The molecule has 0 spiro atoms. The molecular formula is C29H30N4O5. The van der Waals surface area contributed by atoms with E-state index in [2.05, 4.69) is 34.4 Å².